The van der Waals surface area contributed by atoms with Gasteiger partial charge in [0.25, 0.3) is 0 Å². The van der Waals surface area contributed by atoms with Gasteiger partial charge in [0, 0.05) is 24.1 Å². The number of carbonyl (C=O) groups is 1. The number of aryl methyl sites for hydroxylation is 1. The van der Waals surface area contributed by atoms with Crippen molar-refractivity contribution >= 4 is 28.6 Å². The summed E-state index contributed by atoms with van der Waals surface area (Å²) in [7, 11) is 1.70. The molecule has 0 saturated carbocycles. The Balaban J connectivity index is 1.74. The summed E-state index contributed by atoms with van der Waals surface area (Å²) in [5.41, 5.74) is 4.77. The van der Waals surface area contributed by atoms with Crippen LogP contribution >= 0.6 is 11.8 Å². The summed E-state index contributed by atoms with van der Waals surface area (Å²) in [6, 6.07) is 10.1. The van der Waals surface area contributed by atoms with E-state index in [1.165, 1.54) is 11.8 Å². The largest absolute Gasteiger partial charge is 0.383 e. The van der Waals surface area contributed by atoms with Crippen LogP contribution in [0.2, 0.25) is 0 Å². The molecule has 0 amide bonds. The van der Waals surface area contributed by atoms with Crippen molar-refractivity contribution in [3.63, 3.8) is 0 Å². The number of carbonyl (C=O) groups excluding carboxylic acids is 1. The molecular formula is C19H23N3O2S. The SMILES string of the molecule is COCC(C)n1c(C)cc(C(=O)CSc2nc3ccccc3[nH]2)c1C. The summed E-state index contributed by atoms with van der Waals surface area (Å²) in [5.74, 6) is 0.484. The Morgan fingerprint density at radius 2 is 2.12 bits per heavy atom. The van der Waals surface area contributed by atoms with Gasteiger partial charge in [0.2, 0.25) is 0 Å². The molecule has 0 aliphatic heterocycles. The minimum absolute atomic E-state index is 0.120. The number of para-hydroxylation sites is 2. The lowest BCUT2D eigenvalue weighted by Gasteiger charge is -2.17. The van der Waals surface area contributed by atoms with E-state index >= 15 is 0 Å². The van der Waals surface area contributed by atoms with Crippen LogP contribution in [0.3, 0.4) is 0 Å². The number of thioether (sulfide) groups is 1. The molecule has 6 heteroatoms. The van der Waals surface area contributed by atoms with E-state index in [0.29, 0.717) is 12.4 Å². The molecule has 0 spiro atoms. The van der Waals surface area contributed by atoms with Gasteiger partial charge in [-0.15, -0.1) is 0 Å². The van der Waals surface area contributed by atoms with Crippen LogP contribution in [0.1, 0.15) is 34.7 Å². The number of imidazole rings is 1. The molecule has 0 aliphatic carbocycles. The number of hydrogen-bond donors (Lipinski definition) is 1. The molecule has 1 N–H and O–H groups in total. The maximum Gasteiger partial charge on any atom is 0.175 e. The monoisotopic (exact) mass is 357 g/mol. The quantitative estimate of drug-likeness (QED) is 0.509. The Hall–Kier alpha value is -2.05. The van der Waals surface area contributed by atoms with Crippen LogP contribution in [0.15, 0.2) is 35.5 Å². The number of H-pyrrole nitrogens is 1. The second kappa shape index (κ2) is 7.45. The van der Waals surface area contributed by atoms with E-state index in [4.69, 9.17) is 4.74 Å². The molecule has 25 heavy (non-hydrogen) atoms. The molecule has 1 atom stereocenters. The fourth-order valence-corrected chi connectivity index (χ4v) is 4.03. The van der Waals surface area contributed by atoms with Crippen LogP contribution in [0, 0.1) is 13.8 Å². The average Bonchev–Trinajstić information content (AvgIpc) is 3.13. The van der Waals surface area contributed by atoms with Gasteiger partial charge in [0.1, 0.15) is 0 Å². The molecule has 132 valence electrons. The number of rotatable bonds is 7. The number of fused-ring (bicyclic) bond motifs is 1. The van der Waals surface area contributed by atoms with Crippen molar-refractivity contribution in [1.29, 1.82) is 0 Å². The molecule has 1 aromatic carbocycles. The molecule has 0 radical (unpaired) electrons. The first-order valence-electron chi connectivity index (χ1n) is 8.29. The minimum Gasteiger partial charge on any atom is -0.383 e. The van der Waals surface area contributed by atoms with E-state index in [1.807, 2.05) is 44.2 Å². The normalized spacial score (nSPS) is 12.6. The van der Waals surface area contributed by atoms with Crippen LogP contribution in [-0.4, -0.2) is 39.8 Å². The number of aromatic nitrogens is 3. The van der Waals surface area contributed by atoms with Gasteiger partial charge >= 0.3 is 0 Å². The van der Waals surface area contributed by atoms with Crippen molar-refractivity contribution in [3.05, 3.63) is 47.3 Å². The third kappa shape index (κ3) is 3.65. The highest BCUT2D eigenvalue weighted by atomic mass is 32.2. The molecule has 0 aliphatic rings. The second-order valence-corrected chi connectivity index (χ2v) is 7.19. The van der Waals surface area contributed by atoms with Crippen LogP contribution in [0.4, 0.5) is 0 Å². The Labute approximate surface area is 151 Å². The van der Waals surface area contributed by atoms with Gasteiger partial charge < -0.3 is 14.3 Å². The van der Waals surface area contributed by atoms with Gasteiger partial charge in [-0.1, -0.05) is 23.9 Å². The number of aromatic amines is 1. The number of nitrogens with zero attached hydrogens (tertiary/aromatic N) is 2. The number of methoxy groups -OCH3 is 1. The van der Waals surface area contributed by atoms with E-state index in [9.17, 15) is 4.79 Å². The lowest BCUT2D eigenvalue weighted by atomic mass is 10.2. The summed E-state index contributed by atoms with van der Waals surface area (Å²) < 4.78 is 7.42. The number of benzene rings is 1. The maximum atomic E-state index is 12.7. The molecule has 1 unspecified atom stereocenters. The Morgan fingerprint density at radius 1 is 1.36 bits per heavy atom. The first-order valence-corrected chi connectivity index (χ1v) is 9.28. The van der Waals surface area contributed by atoms with Crippen LogP contribution in [0.5, 0.6) is 0 Å². The highest BCUT2D eigenvalue weighted by molar-refractivity contribution is 7.99. The minimum atomic E-state index is 0.120. The van der Waals surface area contributed by atoms with Crippen LogP contribution in [0.25, 0.3) is 11.0 Å². The van der Waals surface area contributed by atoms with Crippen molar-refractivity contribution in [1.82, 2.24) is 14.5 Å². The van der Waals surface area contributed by atoms with Gasteiger partial charge in [-0.05, 0) is 39.0 Å². The number of nitrogens with one attached hydrogen (secondary N) is 1. The fourth-order valence-electron chi connectivity index (χ4n) is 3.26. The molecule has 0 fully saturated rings. The van der Waals surface area contributed by atoms with Crippen molar-refractivity contribution in [3.8, 4) is 0 Å². The van der Waals surface area contributed by atoms with Gasteiger partial charge in [0.05, 0.1) is 29.4 Å². The molecule has 5 nitrogen and oxygen atoms in total. The summed E-state index contributed by atoms with van der Waals surface area (Å²) in [4.78, 5) is 20.4. The van der Waals surface area contributed by atoms with Crippen LogP contribution < -0.4 is 0 Å². The zero-order valence-corrected chi connectivity index (χ0v) is 15.8. The lowest BCUT2D eigenvalue weighted by Crippen LogP contribution is -2.14. The van der Waals surface area contributed by atoms with Crippen molar-refractivity contribution in [2.24, 2.45) is 0 Å². The zero-order valence-electron chi connectivity index (χ0n) is 15.0. The molecule has 3 rings (SSSR count). The fraction of sp³-hybridized carbons (Fsp3) is 0.368. The number of hydrogen-bond acceptors (Lipinski definition) is 4. The number of Topliss-reactive ketones (excluding diaryl/α,β-unsaturated/α-hetero) is 1. The number of ketones is 1. The third-order valence-corrected chi connectivity index (χ3v) is 5.21. The molecule has 2 aromatic heterocycles. The predicted octanol–water partition coefficient (Wildman–Crippen LogP) is 4.16. The van der Waals surface area contributed by atoms with E-state index in [0.717, 1.165) is 33.1 Å². The highest BCUT2D eigenvalue weighted by Gasteiger charge is 2.19. The van der Waals surface area contributed by atoms with Gasteiger partial charge in [-0.2, -0.15) is 0 Å². The van der Waals surface area contributed by atoms with Gasteiger partial charge in [-0.25, -0.2) is 4.98 Å². The first kappa shape index (κ1) is 17.8. The molecule has 0 bridgehead atoms. The molecular weight excluding hydrogens is 334 g/mol. The molecule has 2 heterocycles. The topological polar surface area (TPSA) is 59.9 Å². The van der Waals surface area contributed by atoms with Gasteiger partial charge in [-0.3, -0.25) is 4.79 Å². The average molecular weight is 357 g/mol. The van der Waals surface area contributed by atoms with E-state index in [2.05, 4.69) is 21.5 Å². The zero-order chi connectivity index (χ0) is 18.0. The Morgan fingerprint density at radius 3 is 2.84 bits per heavy atom. The Bertz CT molecular complexity index is 864. The lowest BCUT2D eigenvalue weighted by molar-refractivity contribution is 0.102. The molecule has 0 saturated heterocycles. The number of ether oxygens (including phenoxy) is 1. The van der Waals surface area contributed by atoms with E-state index in [1.54, 1.807) is 7.11 Å². The molecule has 3 aromatic rings. The van der Waals surface area contributed by atoms with E-state index in [-0.39, 0.29) is 11.8 Å². The summed E-state index contributed by atoms with van der Waals surface area (Å²) in [5, 5.41) is 0.774. The second-order valence-electron chi connectivity index (χ2n) is 6.23. The van der Waals surface area contributed by atoms with Crippen molar-refractivity contribution < 1.29 is 9.53 Å². The first-order chi connectivity index (χ1) is 12.0. The maximum absolute atomic E-state index is 12.7. The summed E-state index contributed by atoms with van der Waals surface area (Å²) in [6.45, 7) is 6.75. The van der Waals surface area contributed by atoms with Crippen molar-refractivity contribution in [2.45, 2.75) is 32.0 Å². The van der Waals surface area contributed by atoms with Crippen LogP contribution in [-0.2, 0) is 4.74 Å². The highest BCUT2D eigenvalue weighted by Crippen LogP contribution is 2.24. The third-order valence-electron chi connectivity index (χ3n) is 4.34. The van der Waals surface area contributed by atoms with Crippen molar-refractivity contribution in [2.75, 3.05) is 19.5 Å². The van der Waals surface area contributed by atoms with E-state index < -0.39 is 0 Å². The smallest absolute Gasteiger partial charge is 0.175 e. The summed E-state index contributed by atoms with van der Waals surface area (Å²) >= 11 is 1.44. The summed E-state index contributed by atoms with van der Waals surface area (Å²) in [6.07, 6.45) is 0. The predicted molar refractivity (Wildman–Crippen MR) is 102 cm³/mol. The van der Waals surface area contributed by atoms with Gasteiger partial charge in [0.15, 0.2) is 10.9 Å². The standard InChI is InChI=1S/C19H23N3O2S/c1-12-9-15(14(3)22(12)13(2)10-24-4)18(23)11-25-19-20-16-7-5-6-8-17(16)21-19/h5-9,13H,10-11H2,1-4H3,(H,20,21). The Kier molecular flexibility index (Phi) is 5.30.